The molecule has 0 amide bonds. The first-order chi connectivity index (χ1) is 16.3. The number of aromatic nitrogens is 1. The molecule has 156 valence electrons. The third-order valence-corrected chi connectivity index (χ3v) is 6.30. The average molecular weight is 423 g/mol. The number of nitrogens with zero attached hydrogens (tertiary/aromatic N) is 1. The summed E-state index contributed by atoms with van der Waals surface area (Å²) in [7, 11) is 0. The summed E-state index contributed by atoms with van der Waals surface area (Å²) in [4.78, 5) is 4.31. The minimum atomic E-state index is 0.544. The zero-order valence-corrected chi connectivity index (χ0v) is 18.1. The standard InChI is InChI=1S/C31H22N2/c32-31-24(16-9-19-33-31)23-17-18-27-28(20-23)30(22-12-5-2-6-13-22)26-15-8-7-14-25(26)29(27)21-10-3-1-4-11-21/h1-20H,(H2,32,33). The second-order valence-electron chi connectivity index (χ2n) is 8.22. The number of pyridine rings is 1. The molecule has 2 heteroatoms. The van der Waals surface area contributed by atoms with Gasteiger partial charge in [-0.3, -0.25) is 0 Å². The zero-order valence-electron chi connectivity index (χ0n) is 18.1. The van der Waals surface area contributed by atoms with Gasteiger partial charge in [0.15, 0.2) is 0 Å². The van der Waals surface area contributed by atoms with Crippen molar-refractivity contribution in [2.45, 2.75) is 0 Å². The molecular formula is C31H22N2. The summed E-state index contributed by atoms with van der Waals surface area (Å²) in [5.41, 5.74) is 13.2. The molecule has 0 atom stereocenters. The summed E-state index contributed by atoms with van der Waals surface area (Å²) < 4.78 is 0. The van der Waals surface area contributed by atoms with Gasteiger partial charge < -0.3 is 5.73 Å². The van der Waals surface area contributed by atoms with E-state index in [4.69, 9.17) is 5.73 Å². The van der Waals surface area contributed by atoms with Crippen LogP contribution in [0.4, 0.5) is 5.82 Å². The van der Waals surface area contributed by atoms with Crippen LogP contribution in [0.3, 0.4) is 0 Å². The van der Waals surface area contributed by atoms with Crippen molar-refractivity contribution >= 4 is 27.4 Å². The van der Waals surface area contributed by atoms with Crippen LogP contribution in [-0.2, 0) is 0 Å². The lowest BCUT2D eigenvalue weighted by molar-refractivity contribution is 1.34. The lowest BCUT2D eigenvalue weighted by Gasteiger charge is -2.18. The molecule has 5 aromatic carbocycles. The van der Waals surface area contributed by atoms with Gasteiger partial charge >= 0.3 is 0 Å². The molecule has 0 aliphatic rings. The fraction of sp³-hybridized carbons (Fsp3) is 0. The second-order valence-corrected chi connectivity index (χ2v) is 8.22. The van der Waals surface area contributed by atoms with E-state index in [1.165, 1.54) is 43.8 Å². The minimum absolute atomic E-state index is 0.544. The summed E-state index contributed by atoms with van der Waals surface area (Å²) in [5.74, 6) is 0.544. The fourth-order valence-corrected chi connectivity index (χ4v) is 4.84. The Hall–Kier alpha value is -4.43. The van der Waals surface area contributed by atoms with Crippen LogP contribution in [0.1, 0.15) is 0 Å². The van der Waals surface area contributed by atoms with E-state index in [1.807, 2.05) is 12.1 Å². The molecular weight excluding hydrogens is 400 g/mol. The molecule has 0 saturated carbocycles. The highest BCUT2D eigenvalue weighted by molar-refractivity contribution is 6.22. The van der Waals surface area contributed by atoms with Crippen LogP contribution >= 0.6 is 0 Å². The predicted molar refractivity (Wildman–Crippen MR) is 140 cm³/mol. The molecule has 0 aliphatic carbocycles. The number of nitrogens with two attached hydrogens (primary N) is 1. The van der Waals surface area contributed by atoms with Gasteiger partial charge in [0.1, 0.15) is 5.82 Å². The molecule has 0 aliphatic heterocycles. The van der Waals surface area contributed by atoms with Gasteiger partial charge in [-0.1, -0.05) is 97.1 Å². The monoisotopic (exact) mass is 422 g/mol. The Bertz CT molecular complexity index is 1600. The molecule has 2 N–H and O–H groups in total. The number of rotatable bonds is 3. The van der Waals surface area contributed by atoms with Crippen LogP contribution in [0, 0.1) is 0 Å². The highest BCUT2D eigenvalue weighted by Crippen LogP contribution is 2.44. The summed E-state index contributed by atoms with van der Waals surface area (Å²) in [6, 6.07) is 40.6. The molecule has 33 heavy (non-hydrogen) atoms. The van der Waals surface area contributed by atoms with Crippen molar-refractivity contribution in [3.05, 3.63) is 121 Å². The van der Waals surface area contributed by atoms with Crippen LogP contribution in [0.25, 0.3) is 54.9 Å². The number of hydrogen-bond acceptors (Lipinski definition) is 2. The normalized spacial score (nSPS) is 11.2. The number of nitrogen functional groups attached to an aromatic ring is 1. The molecule has 0 bridgehead atoms. The highest BCUT2D eigenvalue weighted by atomic mass is 14.8. The Kier molecular flexibility index (Phi) is 4.63. The largest absolute Gasteiger partial charge is 0.383 e. The van der Waals surface area contributed by atoms with E-state index in [-0.39, 0.29) is 0 Å². The maximum Gasteiger partial charge on any atom is 0.131 e. The van der Waals surface area contributed by atoms with Crippen LogP contribution in [0.5, 0.6) is 0 Å². The molecule has 2 nitrogen and oxygen atoms in total. The van der Waals surface area contributed by atoms with Gasteiger partial charge in [0.25, 0.3) is 0 Å². The van der Waals surface area contributed by atoms with Crippen molar-refractivity contribution in [3.8, 4) is 33.4 Å². The lowest BCUT2D eigenvalue weighted by atomic mass is 9.85. The van der Waals surface area contributed by atoms with E-state index in [9.17, 15) is 0 Å². The Morgan fingerprint density at radius 3 is 1.61 bits per heavy atom. The Morgan fingerprint density at radius 2 is 1.00 bits per heavy atom. The molecule has 0 unspecified atom stereocenters. The van der Waals surface area contributed by atoms with Gasteiger partial charge in [0, 0.05) is 11.8 Å². The number of hydrogen-bond donors (Lipinski definition) is 1. The number of benzene rings is 5. The van der Waals surface area contributed by atoms with Crippen LogP contribution < -0.4 is 5.73 Å². The summed E-state index contributed by atoms with van der Waals surface area (Å²) >= 11 is 0. The molecule has 6 aromatic rings. The van der Waals surface area contributed by atoms with Gasteiger partial charge in [0.05, 0.1) is 0 Å². The molecule has 1 heterocycles. The highest BCUT2D eigenvalue weighted by Gasteiger charge is 2.17. The Balaban J connectivity index is 1.80. The number of fused-ring (bicyclic) bond motifs is 2. The Labute approximate surface area is 193 Å². The van der Waals surface area contributed by atoms with Crippen molar-refractivity contribution in [2.24, 2.45) is 0 Å². The number of anilines is 1. The first-order valence-electron chi connectivity index (χ1n) is 11.1. The smallest absolute Gasteiger partial charge is 0.131 e. The molecule has 0 fully saturated rings. The van der Waals surface area contributed by atoms with Gasteiger partial charge in [-0.15, -0.1) is 0 Å². The van der Waals surface area contributed by atoms with Crippen molar-refractivity contribution < 1.29 is 0 Å². The first-order valence-corrected chi connectivity index (χ1v) is 11.1. The van der Waals surface area contributed by atoms with E-state index in [2.05, 4.69) is 108 Å². The third-order valence-electron chi connectivity index (χ3n) is 6.30. The van der Waals surface area contributed by atoms with Crippen LogP contribution in [-0.4, -0.2) is 4.98 Å². The maximum absolute atomic E-state index is 6.25. The van der Waals surface area contributed by atoms with Crippen molar-refractivity contribution in [3.63, 3.8) is 0 Å². The minimum Gasteiger partial charge on any atom is -0.383 e. The molecule has 6 rings (SSSR count). The second kappa shape index (κ2) is 7.92. The van der Waals surface area contributed by atoms with Crippen molar-refractivity contribution in [2.75, 3.05) is 5.73 Å². The topological polar surface area (TPSA) is 38.9 Å². The van der Waals surface area contributed by atoms with E-state index in [0.717, 1.165) is 11.1 Å². The van der Waals surface area contributed by atoms with Gasteiger partial charge in [0.2, 0.25) is 0 Å². The molecule has 0 spiro atoms. The quantitative estimate of drug-likeness (QED) is 0.294. The molecule has 1 aromatic heterocycles. The van der Waals surface area contributed by atoms with E-state index in [1.54, 1.807) is 6.20 Å². The van der Waals surface area contributed by atoms with Crippen LogP contribution in [0.15, 0.2) is 121 Å². The fourth-order valence-electron chi connectivity index (χ4n) is 4.84. The summed E-state index contributed by atoms with van der Waals surface area (Å²) in [6.07, 6.45) is 1.73. The maximum atomic E-state index is 6.25. The Morgan fingerprint density at radius 1 is 0.455 bits per heavy atom. The zero-order chi connectivity index (χ0) is 22.2. The molecule has 0 radical (unpaired) electrons. The van der Waals surface area contributed by atoms with Crippen molar-refractivity contribution in [1.82, 2.24) is 4.98 Å². The average Bonchev–Trinajstić information content (AvgIpc) is 2.88. The molecule has 0 saturated heterocycles. The summed E-state index contributed by atoms with van der Waals surface area (Å²) in [5, 5.41) is 4.93. The third kappa shape index (κ3) is 3.24. The van der Waals surface area contributed by atoms with E-state index >= 15 is 0 Å². The van der Waals surface area contributed by atoms with E-state index in [0.29, 0.717) is 5.82 Å². The van der Waals surface area contributed by atoms with Gasteiger partial charge in [-0.2, -0.15) is 0 Å². The SMILES string of the molecule is Nc1ncccc1-c1ccc2c(-c3ccccc3)c3ccccc3c(-c3ccccc3)c2c1. The van der Waals surface area contributed by atoms with Crippen LogP contribution in [0.2, 0.25) is 0 Å². The van der Waals surface area contributed by atoms with Gasteiger partial charge in [-0.05, 0) is 67.6 Å². The van der Waals surface area contributed by atoms with Crippen molar-refractivity contribution in [1.29, 1.82) is 0 Å². The predicted octanol–water partition coefficient (Wildman–Crippen LogP) is 7.97. The first kappa shape index (κ1) is 19.3. The van der Waals surface area contributed by atoms with Gasteiger partial charge in [-0.25, -0.2) is 4.98 Å². The van der Waals surface area contributed by atoms with E-state index < -0.39 is 0 Å². The lowest BCUT2D eigenvalue weighted by Crippen LogP contribution is -1.94. The summed E-state index contributed by atoms with van der Waals surface area (Å²) in [6.45, 7) is 0.